The van der Waals surface area contributed by atoms with Crippen LogP contribution in [0.3, 0.4) is 0 Å². The lowest BCUT2D eigenvalue weighted by Gasteiger charge is -2.35. The lowest BCUT2D eigenvalue weighted by molar-refractivity contribution is 0.0519. The number of nitrogens with one attached hydrogen (secondary N) is 4. The summed E-state index contributed by atoms with van der Waals surface area (Å²) in [5.41, 5.74) is 10.9. The van der Waals surface area contributed by atoms with E-state index < -0.39 is 25.6 Å². The molecule has 0 spiro atoms. The number of amides is 3. The van der Waals surface area contributed by atoms with Crippen molar-refractivity contribution >= 4 is 101 Å². The van der Waals surface area contributed by atoms with E-state index in [2.05, 4.69) is 35.1 Å². The second-order valence-corrected chi connectivity index (χ2v) is 27.2. The van der Waals surface area contributed by atoms with Gasteiger partial charge in [0.05, 0.1) is 58.5 Å². The summed E-state index contributed by atoms with van der Waals surface area (Å²) in [5.74, 6) is 1.39. The molecule has 3 amide bonds. The Hall–Kier alpha value is -6.02. The summed E-state index contributed by atoms with van der Waals surface area (Å²) < 4.78 is 60.8. The van der Waals surface area contributed by atoms with Crippen LogP contribution in [0.5, 0.6) is 0 Å². The predicted molar refractivity (Wildman–Crippen MR) is 320 cm³/mol. The first kappa shape index (κ1) is 62.0. The Morgan fingerprint density at radius 1 is 0.707 bits per heavy atom. The Balaban J connectivity index is 0.000000176. The molecule has 0 unspecified atom stereocenters. The molecule has 0 saturated carbocycles. The number of piperidine rings is 2. The van der Waals surface area contributed by atoms with Crippen molar-refractivity contribution in [3.05, 3.63) is 110 Å². The molecule has 4 atom stereocenters. The lowest BCUT2D eigenvalue weighted by atomic mass is 9.98. The van der Waals surface area contributed by atoms with Gasteiger partial charge in [-0.1, -0.05) is 34.8 Å². The van der Waals surface area contributed by atoms with Crippen molar-refractivity contribution < 1.29 is 36.0 Å². The third-order valence-electron chi connectivity index (χ3n) is 14.5. The van der Waals surface area contributed by atoms with Crippen molar-refractivity contribution in [1.82, 2.24) is 49.6 Å². The second kappa shape index (κ2) is 26.3. The Labute approximate surface area is 494 Å². The summed E-state index contributed by atoms with van der Waals surface area (Å²) in [6.07, 6.45) is 12.8. The molecule has 6 aromatic rings. The fraction of sp³-hybridized carbons (Fsp3) is 0.509. The fourth-order valence-electron chi connectivity index (χ4n) is 10.6. The van der Waals surface area contributed by atoms with Gasteiger partial charge < -0.3 is 35.8 Å². The minimum absolute atomic E-state index is 0.195. The van der Waals surface area contributed by atoms with Gasteiger partial charge in [-0.15, -0.1) is 0 Å². The minimum Gasteiger partial charge on any atom is -0.444 e. The third kappa shape index (κ3) is 16.2. The molecule has 4 aromatic heterocycles. The summed E-state index contributed by atoms with van der Waals surface area (Å²) >= 11 is 18.5. The highest BCUT2D eigenvalue weighted by Gasteiger charge is 2.35. The predicted octanol–water partition coefficient (Wildman–Crippen LogP) is 8.42. The molecule has 4 fully saturated rings. The van der Waals surface area contributed by atoms with Crippen molar-refractivity contribution in [2.24, 2.45) is 17.6 Å². The number of nitrogens with zero attached hydrogens (tertiary/aromatic N) is 9. The molecule has 0 bridgehead atoms. The molecule has 0 radical (unpaired) electrons. The molecule has 22 nitrogen and oxygen atoms in total. The highest BCUT2D eigenvalue weighted by Crippen LogP contribution is 2.37. The number of alkyl carbamates (subject to hydrolysis) is 1. The van der Waals surface area contributed by atoms with Crippen LogP contribution >= 0.6 is 34.8 Å². The van der Waals surface area contributed by atoms with Gasteiger partial charge in [-0.2, -0.15) is 10.2 Å². The topological polar surface area (TPSA) is 273 Å². The van der Waals surface area contributed by atoms with Gasteiger partial charge in [0, 0.05) is 78.4 Å². The van der Waals surface area contributed by atoms with Crippen molar-refractivity contribution in [2.45, 2.75) is 104 Å². The summed E-state index contributed by atoms with van der Waals surface area (Å²) in [5, 5.41) is 16.6. The maximum absolute atomic E-state index is 13.8. The third-order valence-corrected chi connectivity index (χ3v) is 16.5. The van der Waals surface area contributed by atoms with Crippen molar-refractivity contribution in [3.8, 4) is 0 Å². The van der Waals surface area contributed by atoms with Crippen LogP contribution in [-0.2, 0) is 24.8 Å². The number of anilines is 3. The Kier molecular flexibility index (Phi) is 19.9. The Bertz CT molecular complexity index is 3500. The highest BCUT2D eigenvalue weighted by atomic mass is 35.5. The first-order chi connectivity index (χ1) is 38.7. The zero-order valence-electron chi connectivity index (χ0n) is 47.2. The number of rotatable bonds is 12. The maximum atomic E-state index is 13.8. The van der Waals surface area contributed by atoms with E-state index in [4.69, 9.17) is 55.4 Å². The normalized spacial score (nSPS) is 19.5. The number of aromatic nitrogens is 6. The van der Waals surface area contributed by atoms with Crippen LogP contribution in [0.25, 0.3) is 11.3 Å². The molecule has 4 aliphatic rings. The molecular weight excluding hydrogens is 1160 g/mol. The van der Waals surface area contributed by atoms with Gasteiger partial charge in [0.25, 0.3) is 11.8 Å². The number of hydrogen-bond donors (Lipinski definition) is 5. The van der Waals surface area contributed by atoms with Crippen LogP contribution in [0.15, 0.2) is 60.9 Å². The van der Waals surface area contributed by atoms with E-state index in [1.54, 1.807) is 37.2 Å². The van der Waals surface area contributed by atoms with Gasteiger partial charge in [-0.05, 0) is 154 Å². The standard InChI is InChI=1S/C25H32ClN7O3S.C20H21Cl2N5O3S.C10H20N2O2/c1-16-14-33-23(28-24(16)31-10-8-17(13-27)15-31)12-21(29-33)22-5-3-4-9-32(22)25(34)19-11-18(26)6-7-20(19)30-37(2,35)36;1-12-11-27-18(23-19(12)22)10-16(24-27)17-5-3-4-8-26(17)20(28)14-9-13(21)6-7-15(14)25-31(2,29)30;1-10(2,3)14-9(13)12-7-8-4-5-11-6-8/h6-7,11-12,14,17,22,30H,3-5,8-10,13,15,27H2,1-2H3;6-7,9-11,17,25H,3-5,8H2,1-2H3;8,11H,4-7H2,1-3H3,(H,12,13)/t17-,22-;17-;8-/m001/s1. The quantitative estimate of drug-likeness (QED) is 0.0720. The lowest BCUT2D eigenvalue weighted by Crippen LogP contribution is -2.39. The summed E-state index contributed by atoms with van der Waals surface area (Å²) in [4.78, 5) is 53.6. The molecule has 444 valence electrons. The van der Waals surface area contributed by atoms with Gasteiger partial charge in [-0.3, -0.25) is 19.0 Å². The number of likely N-dealkylation sites (tertiary alicyclic amines) is 2. The van der Waals surface area contributed by atoms with E-state index >= 15 is 0 Å². The SMILES string of the molecule is CC(C)(C)OC(=O)NC[C@@H]1CCNC1.Cc1cn2nc([C@@H]3CCCCN3C(=O)c3cc(Cl)ccc3NS(C)(=O)=O)cc2nc1Cl.Cc1cn2nc([C@@H]3CCCCN3C(=O)c3cc(Cl)ccc3NS(C)(=O)=O)cc2nc1N1CC[C@@H](CN)C1. The molecule has 27 heteroatoms. The number of benzene rings is 2. The molecule has 82 heavy (non-hydrogen) atoms. The number of hydrogen-bond acceptors (Lipinski definition) is 15. The summed E-state index contributed by atoms with van der Waals surface area (Å²) in [6, 6.07) is 12.3. The average molecular weight is 1230 g/mol. The van der Waals surface area contributed by atoms with Gasteiger partial charge >= 0.3 is 6.09 Å². The molecule has 0 aliphatic carbocycles. The number of aryl methyl sites for hydroxylation is 2. The smallest absolute Gasteiger partial charge is 0.407 e. The van der Waals surface area contributed by atoms with E-state index in [9.17, 15) is 31.2 Å². The van der Waals surface area contributed by atoms with Crippen molar-refractivity contribution in [1.29, 1.82) is 0 Å². The van der Waals surface area contributed by atoms with E-state index in [-0.39, 0.29) is 52.5 Å². The molecular formula is C55H73Cl3N14O8S2. The zero-order valence-corrected chi connectivity index (χ0v) is 51.1. The molecule has 6 N–H and O–H groups in total. The average Bonchev–Trinajstić information content (AvgIpc) is 4.33. The minimum atomic E-state index is -3.58. The van der Waals surface area contributed by atoms with Gasteiger partial charge in [0.1, 0.15) is 16.6 Å². The number of carbonyl (C=O) groups is 3. The van der Waals surface area contributed by atoms with Crippen LogP contribution < -0.4 is 30.7 Å². The van der Waals surface area contributed by atoms with Gasteiger partial charge in [0.2, 0.25) is 20.0 Å². The maximum Gasteiger partial charge on any atom is 0.407 e. The summed E-state index contributed by atoms with van der Waals surface area (Å²) in [6.45, 7) is 15.8. The fourth-order valence-corrected chi connectivity index (χ4v) is 12.2. The second-order valence-electron chi connectivity index (χ2n) is 22.4. The van der Waals surface area contributed by atoms with Crippen LogP contribution in [0.2, 0.25) is 15.2 Å². The molecule has 4 saturated heterocycles. The van der Waals surface area contributed by atoms with E-state index in [0.717, 1.165) is 118 Å². The van der Waals surface area contributed by atoms with Crippen LogP contribution in [-0.4, -0.2) is 144 Å². The number of nitrogens with two attached hydrogens (primary N) is 1. The summed E-state index contributed by atoms with van der Waals surface area (Å²) in [7, 11) is -7.15. The largest absolute Gasteiger partial charge is 0.444 e. The van der Waals surface area contributed by atoms with Gasteiger partial charge in [0.15, 0.2) is 11.3 Å². The number of sulfonamides is 2. The zero-order chi connectivity index (χ0) is 59.3. The van der Waals surface area contributed by atoms with Crippen molar-refractivity contribution in [3.63, 3.8) is 0 Å². The Morgan fingerprint density at radius 2 is 1.23 bits per heavy atom. The van der Waals surface area contributed by atoms with E-state index in [1.807, 2.05) is 52.9 Å². The number of halogens is 3. The van der Waals surface area contributed by atoms with E-state index in [1.165, 1.54) is 24.3 Å². The van der Waals surface area contributed by atoms with Crippen LogP contribution in [0.1, 0.15) is 127 Å². The van der Waals surface area contributed by atoms with Crippen LogP contribution in [0.4, 0.5) is 22.0 Å². The first-order valence-electron chi connectivity index (χ1n) is 27.4. The molecule has 4 aliphatic heterocycles. The number of ether oxygens (including phenoxy) is 1. The molecule has 2 aromatic carbocycles. The number of fused-ring (bicyclic) bond motifs is 2. The monoisotopic (exact) mass is 1230 g/mol. The van der Waals surface area contributed by atoms with Gasteiger partial charge in [-0.25, -0.2) is 40.6 Å². The molecule has 10 rings (SSSR count). The molecule has 8 heterocycles. The van der Waals surface area contributed by atoms with E-state index in [0.29, 0.717) is 64.6 Å². The van der Waals surface area contributed by atoms with Crippen molar-refractivity contribution in [2.75, 3.05) is 79.2 Å². The Morgan fingerprint density at radius 3 is 1.71 bits per heavy atom. The first-order valence-corrected chi connectivity index (χ1v) is 32.3. The number of carbonyl (C=O) groups excluding carboxylic acids is 3. The van der Waals surface area contributed by atoms with Crippen LogP contribution in [0, 0.1) is 25.7 Å². The highest BCUT2D eigenvalue weighted by molar-refractivity contribution is 7.92.